The summed E-state index contributed by atoms with van der Waals surface area (Å²) in [5, 5.41) is 0. The Hall–Kier alpha value is -3.22. The van der Waals surface area contributed by atoms with E-state index in [0.29, 0.717) is 11.8 Å². The second-order valence-electron chi connectivity index (χ2n) is 7.78. The van der Waals surface area contributed by atoms with E-state index in [1.807, 2.05) is 60.7 Å². The quantitative estimate of drug-likeness (QED) is 0.217. The van der Waals surface area contributed by atoms with E-state index < -0.39 is 0 Å². The average Bonchev–Trinajstić information content (AvgIpc) is 3.43. The standard InChI is InChI=1S/C27H16Br2N2O2/c28-20-7-3-1-5-18(20)26-30-22-14-16(9-11-24(22)32-26)13-17-10-12-25-23(15-17)31-27(33-25)19-6-2-4-8-21(19)29/h1-12,14-15H,13H2. The molecule has 2 heterocycles. The summed E-state index contributed by atoms with van der Waals surface area (Å²) in [6.07, 6.45) is 0.764. The molecule has 0 amide bonds. The summed E-state index contributed by atoms with van der Waals surface area (Å²) < 4.78 is 13.9. The Labute approximate surface area is 206 Å². The number of nitrogens with zero attached hydrogens (tertiary/aromatic N) is 2. The van der Waals surface area contributed by atoms with E-state index in [9.17, 15) is 0 Å². The van der Waals surface area contributed by atoms with Crippen LogP contribution in [0.25, 0.3) is 45.1 Å². The lowest BCUT2D eigenvalue weighted by Gasteiger charge is -2.01. The molecule has 6 rings (SSSR count). The zero-order chi connectivity index (χ0) is 22.4. The lowest BCUT2D eigenvalue weighted by atomic mass is 10.0. The molecule has 4 aromatic carbocycles. The third-order valence-electron chi connectivity index (χ3n) is 5.52. The van der Waals surface area contributed by atoms with Gasteiger partial charge in [0.05, 0.1) is 11.1 Å². The van der Waals surface area contributed by atoms with Crippen LogP contribution in [0.5, 0.6) is 0 Å². The number of halogens is 2. The Morgan fingerprint density at radius 2 is 1.03 bits per heavy atom. The number of rotatable bonds is 4. The van der Waals surface area contributed by atoms with Gasteiger partial charge in [0.15, 0.2) is 11.2 Å². The Bertz CT molecular complexity index is 1510. The number of fused-ring (bicyclic) bond motifs is 2. The van der Waals surface area contributed by atoms with Gasteiger partial charge in [-0.05, 0) is 97.9 Å². The summed E-state index contributed by atoms with van der Waals surface area (Å²) in [5.74, 6) is 1.22. The van der Waals surface area contributed by atoms with Gasteiger partial charge in [-0.1, -0.05) is 36.4 Å². The number of aromatic nitrogens is 2. The van der Waals surface area contributed by atoms with Gasteiger partial charge < -0.3 is 8.83 Å². The van der Waals surface area contributed by atoms with E-state index in [2.05, 4.69) is 56.1 Å². The topological polar surface area (TPSA) is 52.1 Å². The first-order valence-electron chi connectivity index (χ1n) is 10.4. The molecule has 160 valence electrons. The van der Waals surface area contributed by atoms with E-state index in [1.165, 1.54) is 0 Å². The predicted molar refractivity (Wildman–Crippen MR) is 137 cm³/mol. The van der Waals surface area contributed by atoms with Crippen molar-refractivity contribution in [3.8, 4) is 22.9 Å². The highest BCUT2D eigenvalue weighted by Crippen LogP contribution is 2.32. The van der Waals surface area contributed by atoms with E-state index in [0.717, 1.165) is 59.8 Å². The summed E-state index contributed by atoms with van der Waals surface area (Å²) in [4.78, 5) is 9.43. The van der Waals surface area contributed by atoms with Crippen molar-refractivity contribution in [1.82, 2.24) is 9.97 Å². The van der Waals surface area contributed by atoms with Gasteiger partial charge in [-0.3, -0.25) is 0 Å². The molecule has 33 heavy (non-hydrogen) atoms. The largest absolute Gasteiger partial charge is 0.436 e. The molecule has 0 saturated heterocycles. The van der Waals surface area contributed by atoms with Crippen LogP contribution in [0.4, 0.5) is 0 Å². The highest BCUT2D eigenvalue weighted by atomic mass is 79.9. The molecule has 0 fully saturated rings. The van der Waals surface area contributed by atoms with Crippen molar-refractivity contribution in [3.05, 3.63) is 105 Å². The summed E-state index contributed by atoms with van der Waals surface area (Å²) >= 11 is 7.15. The molecule has 4 nitrogen and oxygen atoms in total. The average molecular weight is 560 g/mol. The van der Waals surface area contributed by atoms with Crippen molar-refractivity contribution in [2.45, 2.75) is 6.42 Å². The summed E-state index contributed by atoms with van der Waals surface area (Å²) in [7, 11) is 0. The second kappa shape index (κ2) is 8.28. The van der Waals surface area contributed by atoms with Crippen LogP contribution in [0.1, 0.15) is 11.1 Å². The molecule has 0 spiro atoms. The van der Waals surface area contributed by atoms with Crippen LogP contribution < -0.4 is 0 Å². The van der Waals surface area contributed by atoms with Crippen LogP contribution in [0.2, 0.25) is 0 Å². The molecule has 0 saturated carbocycles. The maximum Gasteiger partial charge on any atom is 0.228 e. The van der Waals surface area contributed by atoms with E-state index in [1.54, 1.807) is 0 Å². The van der Waals surface area contributed by atoms with Crippen LogP contribution in [0.15, 0.2) is 103 Å². The van der Waals surface area contributed by atoms with Crippen molar-refractivity contribution in [2.24, 2.45) is 0 Å². The molecule has 0 atom stereocenters. The van der Waals surface area contributed by atoms with Gasteiger partial charge in [-0.25, -0.2) is 9.97 Å². The van der Waals surface area contributed by atoms with Crippen LogP contribution in [-0.2, 0) is 6.42 Å². The number of oxazole rings is 2. The van der Waals surface area contributed by atoms with Crippen molar-refractivity contribution >= 4 is 54.1 Å². The fraction of sp³-hybridized carbons (Fsp3) is 0.0370. The number of hydrogen-bond acceptors (Lipinski definition) is 4. The molecule has 0 N–H and O–H groups in total. The molecule has 0 aliphatic heterocycles. The molecular formula is C27H16Br2N2O2. The molecule has 0 aliphatic carbocycles. The Kier molecular flexibility index (Phi) is 5.12. The SMILES string of the molecule is Brc1ccccc1-c1nc2cc(Cc3ccc4oc(-c5ccccc5Br)nc4c3)ccc2o1. The van der Waals surface area contributed by atoms with Crippen molar-refractivity contribution in [3.63, 3.8) is 0 Å². The maximum atomic E-state index is 5.98. The summed E-state index contributed by atoms with van der Waals surface area (Å²) in [6, 6.07) is 28.1. The minimum absolute atomic E-state index is 0.609. The number of hydrogen-bond donors (Lipinski definition) is 0. The Morgan fingerprint density at radius 3 is 1.48 bits per heavy atom. The third-order valence-corrected chi connectivity index (χ3v) is 6.90. The minimum atomic E-state index is 0.609. The zero-order valence-corrected chi connectivity index (χ0v) is 20.4. The monoisotopic (exact) mass is 558 g/mol. The van der Waals surface area contributed by atoms with Crippen molar-refractivity contribution in [2.75, 3.05) is 0 Å². The minimum Gasteiger partial charge on any atom is -0.436 e. The fourth-order valence-electron chi connectivity index (χ4n) is 3.90. The fourth-order valence-corrected chi connectivity index (χ4v) is 4.81. The molecule has 6 heteroatoms. The molecule has 2 aromatic heterocycles. The molecule has 0 radical (unpaired) electrons. The highest BCUT2D eigenvalue weighted by molar-refractivity contribution is 9.11. The van der Waals surface area contributed by atoms with Gasteiger partial charge in [0.1, 0.15) is 11.0 Å². The summed E-state index contributed by atoms with van der Waals surface area (Å²) in [6.45, 7) is 0. The van der Waals surface area contributed by atoms with E-state index in [-0.39, 0.29) is 0 Å². The maximum absolute atomic E-state index is 5.98. The Morgan fingerprint density at radius 1 is 0.576 bits per heavy atom. The molecule has 0 aliphatic rings. The van der Waals surface area contributed by atoms with Crippen molar-refractivity contribution in [1.29, 1.82) is 0 Å². The zero-order valence-electron chi connectivity index (χ0n) is 17.3. The van der Waals surface area contributed by atoms with Crippen LogP contribution in [-0.4, -0.2) is 9.97 Å². The van der Waals surface area contributed by atoms with Gasteiger partial charge >= 0.3 is 0 Å². The van der Waals surface area contributed by atoms with Crippen molar-refractivity contribution < 1.29 is 8.83 Å². The first-order valence-corrected chi connectivity index (χ1v) is 12.0. The smallest absolute Gasteiger partial charge is 0.228 e. The van der Waals surface area contributed by atoms with E-state index >= 15 is 0 Å². The normalized spacial score (nSPS) is 11.5. The summed E-state index contributed by atoms with van der Waals surface area (Å²) in [5.41, 5.74) is 7.42. The molecular weight excluding hydrogens is 544 g/mol. The molecule has 0 unspecified atom stereocenters. The predicted octanol–water partition coefficient (Wildman–Crippen LogP) is 8.42. The lowest BCUT2D eigenvalue weighted by Crippen LogP contribution is -1.88. The van der Waals surface area contributed by atoms with E-state index in [4.69, 9.17) is 18.8 Å². The first kappa shape index (κ1) is 20.4. The van der Waals surface area contributed by atoms with Gasteiger partial charge in [0.25, 0.3) is 0 Å². The van der Waals surface area contributed by atoms with Gasteiger partial charge in [0, 0.05) is 8.95 Å². The second-order valence-corrected chi connectivity index (χ2v) is 9.49. The molecule has 6 aromatic rings. The number of benzene rings is 4. The van der Waals surface area contributed by atoms with Gasteiger partial charge in [-0.15, -0.1) is 0 Å². The molecule has 0 bridgehead atoms. The first-order chi connectivity index (χ1) is 16.1. The Balaban J connectivity index is 1.31. The van der Waals surface area contributed by atoms with Crippen LogP contribution in [0, 0.1) is 0 Å². The van der Waals surface area contributed by atoms with Gasteiger partial charge in [0.2, 0.25) is 11.8 Å². The third kappa shape index (κ3) is 3.90. The van der Waals surface area contributed by atoms with Gasteiger partial charge in [-0.2, -0.15) is 0 Å². The van der Waals surface area contributed by atoms with Crippen LogP contribution >= 0.6 is 31.9 Å². The van der Waals surface area contributed by atoms with Crippen LogP contribution in [0.3, 0.4) is 0 Å². The lowest BCUT2D eigenvalue weighted by molar-refractivity contribution is 0.619. The highest BCUT2D eigenvalue weighted by Gasteiger charge is 2.13.